The summed E-state index contributed by atoms with van der Waals surface area (Å²) in [7, 11) is 3.00. The summed E-state index contributed by atoms with van der Waals surface area (Å²) in [6, 6.07) is 4.03. The third kappa shape index (κ3) is 3.41. The average molecular weight is 355 g/mol. The highest BCUT2D eigenvalue weighted by Gasteiger charge is 2.41. The molecule has 2 rings (SSSR count). The summed E-state index contributed by atoms with van der Waals surface area (Å²) < 4.78 is 15.8. The lowest BCUT2D eigenvalue weighted by atomic mass is 9.88. The Hall–Kier alpha value is -2.41. The Balaban J connectivity index is 2.55. The lowest BCUT2D eigenvalue weighted by Crippen LogP contribution is -2.51. The van der Waals surface area contributed by atoms with Gasteiger partial charge in [-0.1, -0.05) is 23.7 Å². The molecular formula is C16H19ClN2O5. The van der Waals surface area contributed by atoms with Crippen molar-refractivity contribution in [2.45, 2.75) is 13.0 Å². The molecule has 0 aromatic heterocycles. The molecule has 1 aromatic rings. The maximum Gasteiger partial charge on any atom is 0.319 e. The second kappa shape index (κ2) is 7.92. The van der Waals surface area contributed by atoms with E-state index in [1.165, 1.54) is 19.8 Å². The van der Waals surface area contributed by atoms with Gasteiger partial charge in [0.25, 0.3) is 0 Å². The van der Waals surface area contributed by atoms with Crippen LogP contribution in [-0.4, -0.2) is 32.8 Å². The first kappa shape index (κ1) is 17.9. The van der Waals surface area contributed by atoms with E-state index in [9.17, 15) is 9.59 Å². The van der Waals surface area contributed by atoms with Crippen molar-refractivity contribution in [1.29, 1.82) is 0 Å². The first-order chi connectivity index (χ1) is 11.6. The number of urea groups is 1. The quantitative estimate of drug-likeness (QED) is 0.792. The fourth-order valence-corrected chi connectivity index (χ4v) is 2.84. The van der Waals surface area contributed by atoms with Gasteiger partial charge in [0.2, 0.25) is 0 Å². The summed E-state index contributed by atoms with van der Waals surface area (Å²) in [5.74, 6) is -0.426. The minimum atomic E-state index is -0.832. The standard InChI is InChI=1S/C16H19ClN2O5/c1-4-24-15(20)12-10(8-17)18-16(21)19-13(12)9-6-5-7-11(22-2)14(9)23-3/h5-8,12-13H,4H2,1-3H3,(H2,18,19,21)/b10-8+/t12-,13+/m0/s1. The fourth-order valence-electron chi connectivity index (χ4n) is 2.65. The first-order valence-electron chi connectivity index (χ1n) is 7.32. The Morgan fingerprint density at radius 1 is 1.33 bits per heavy atom. The van der Waals surface area contributed by atoms with E-state index in [1.807, 2.05) is 0 Å². The molecule has 8 heteroatoms. The van der Waals surface area contributed by atoms with E-state index in [2.05, 4.69) is 10.6 Å². The normalized spacial score (nSPS) is 21.7. The monoisotopic (exact) mass is 354 g/mol. The van der Waals surface area contributed by atoms with Crippen LogP contribution in [0.4, 0.5) is 4.79 Å². The molecular weight excluding hydrogens is 336 g/mol. The van der Waals surface area contributed by atoms with Crippen LogP contribution >= 0.6 is 11.6 Å². The van der Waals surface area contributed by atoms with Gasteiger partial charge in [-0.25, -0.2) is 4.79 Å². The van der Waals surface area contributed by atoms with E-state index in [-0.39, 0.29) is 12.3 Å². The number of hydrogen-bond donors (Lipinski definition) is 2. The third-order valence-corrected chi connectivity index (χ3v) is 3.87. The molecule has 2 N–H and O–H groups in total. The summed E-state index contributed by atoms with van der Waals surface area (Å²) in [5.41, 5.74) is 2.01. The van der Waals surface area contributed by atoms with Crippen LogP contribution in [0.15, 0.2) is 29.4 Å². The molecule has 0 radical (unpaired) electrons. The molecule has 1 aliphatic heterocycles. The van der Waals surface area contributed by atoms with E-state index in [4.69, 9.17) is 25.8 Å². The zero-order valence-corrected chi connectivity index (χ0v) is 14.3. The summed E-state index contributed by atoms with van der Waals surface area (Å²) in [6.07, 6.45) is 0. The molecule has 130 valence electrons. The predicted molar refractivity (Wildman–Crippen MR) is 88.0 cm³/mol. The van der Waals surface area contributed by atoms with Gasteiger partial charge < -0.3 is 24.8 Å². The second-order valence-corrected chi connectivity index (χ2v) is 5.17. The number of para-hydroxylation sites is 1. The zero-order valence-electron chi connectivity index (χ0n) is 13.6. The third-order valence-electron chi connectivity index (χ3n) is 3.64. The van der Waals surface area contributed by atoms with E-state index in [1.54, 1.807) is 25.1 Å². The Labute approximate surface area is 144 Å². The Morgan fingerprint density at radius 2 is 2.08 bits per heavy atom. The van der Waals surface area contributed by atoms with E-state index >= 15 is 0 Å². The number of benzene rings is 1. The summed E-state index contributed by atoms with van der Waals surface area (Å²) >= 11 is 5.80. The van der Waals surface area contributed by atoms with E-state index in [0.717, 1.165) is 0 Å². The molecule has 0 spiro atoms. The number of hydrogen-bond acceptors (Lipinski definition) is 5. The van der Waals surface area contributed by atoms with Gasteiger partial charge in [-0.2, -0.15) is 0 Å². The number of amides is 2. The van der Waals surface area contributed by atoms with Crippen molar-refractivity contribution >= 4 is 23.6 Å². The number of carbonyl (C=O) groups excluding carboxylic acids is 2. The number of rotatable bonds is 5. The first-order valence-corrected chi connectivity index (χ1v) is 7.76. The fraction of sp³-hybridized carbons (Fsp3) is 0.375. The van der Waals surface area contributed by atoms with Crippen LogP contribution in [0, 0.1) is 5.92 Å². The largest absolute Gasteiger partial charge is 0.493 e. The van der Waals surface area contributed by atoms with Gasteiger partial charge in [-0.3, -0.25) is 4.79 Å². The molecule has 7 nitrogen and oxygen atoms in total. The number of carbonyl (C=O) groups is 2. The summed E-state index contributed by atoms with van der Waals surface area (Å²) in [5, 5.41) is 5.25. The van der Waals surface area contributed by atoms with Crippen molar-refractivity contribution in [3.05, 3.63) is 35.0 Å². The van der Waals surface area contributed by atoms with Crippen molar-refractivity contribution in [2.75, 3.05) is 20.8 Å². The molecule has 1 fully saturated rings. The topological polar surface area (TPSA) is 85.9 Å². The number of halogens is 1. The zero-order chi connectivity index (χ0) is 17.7. The second-order valence-electron chi connectivity index (χ2n) is 4.95. The molecule has 0 bridgehead atoms. The van der Waals surface area contributed by atoms with Crippen LogP contribution in [0.25, 0.3) is 0 Å². The molecule has 0 aliphatic carbocycles. The van der Waals surface area contributed by atoms with Crippen molar-refractivity contribution in [2.24, 2.45) is 5.92 Å². The highest BCUT2D eigenvalue weighted by molar-refractivity contribution is 6.26. The summed E-state index contributed by atoms with van der Waals surface area (Å²) in [6.45, 7) is 1.92. The molecule has 0 unspecified atom stereocenters. The Morgan fingerprint density at radius 3 is 2.67 bits per heavy atom. The highest BCUT2D eigenvalue weighted by Crippen LogP contribution is 2.40. The number of ether oxygens (including phenoxy) is 3. The van der Waals surface area contributed by atoms with Gasteiger partial charge in [0.15, 0.2) is 11.5 Å². The molecule has 2 atom stereocenters. The van der Waals surface area contributed by atoms with Gasteiger partial charge in [-0.05, 0) is 13.0 Å². The van der Waals surface area contributed by atoms with Crippen LogP contribution in [0.5, 0.6) is 11.5 Å². The summed E-state index contributed by atoms with van der Waals surface area (Å²) in [4.78, 5) is 24.4. The highest BCUT2D eigenvalue weighted by atomic mass is 35.5. The molecule has 1 aliphatic rings. The maximum atomic E-state index is 12.4. The van der Waals surface area contributed by atoms with Gasteiger partial charge in [0.05, 0.1) is 26.9 Å². The molecule has 1 aromatic carbocycles. The predicted octanol–water partition coefficient (Wildman–Crippen LogP) is 2.32. The molecule has 1 saturated heterocycles. The van der Waals surface area contributed by atoms with E-state index in [0.29, 0.717) is 17.1 Å². The van der Waals surface area contributed by atoms with Crippen LogP contribution < -0.4 is 20.1 Å². The van der Waals surface area contributed by atoms with Crippen molar-refractivity contribution < 1.29 is 23.8 Å². The van der Waals surface area contributed by atoms with Crippen LogP contribution in [-0.2, 0) is 9.53 Å². The maximum absolute atomic E-state index is 12.4. The average Bonchev–Trinajstić information content (AvgIpc) is 2.59. The SMILES string of the molecule is CCOC(=O)[C@H]1/C(=C\Cl)NC(=O)N[C@@H]1c1cccc(OC)c1OC. The van der Waals surface area contributed by atoms with Crippen LogP contribution in [0.2, 0.25) is 0 Å². The minimum Gasteiger partial charge on any atom is -0.493 e. The lowest BCUT2D eigenvalue weighted by molar-refractivity contribution is -0.147. The van der Waals surface area contributed by atoms with Gasteiger partial charge >= 0.3 is 12.0 Å². The van der Waals surface area contributed by atoms with Crippen molar-refractivity contribution in [1.82, 2.24) is 10.6 Å². The Bertz CT molecular complexity index is 662. The number of methoxy groups -OCH3 is 2. The number of nitrogens with one attached hydrogen (secondary N) is 2. The Kier molecular flexibility index (Phi) is 5.92. The van der Waals surface area contributed by atoms with Gasteiger partial charge in [-0.15, -0.1) is 0 Å². The van der Waals surface area contributed by atoms with Gasteiger partial charge in [0.1, 0.15) is 5.92 Å². The molecule has 24 heavy (non-hydrogen) atoms. The smallest absolute Gasteiger partial charge is 0.319 e. The number of esters is 1. The molecule has 0 saturated carbocycles. The van der Waals surface area contributed by atoms with Crippen LogP contribution in [0.1, 0.15) is 18.5 Å². The lowest BCUT2D eigenvalue weighted by Gasteiger charge is -2.34. The van der Waals surface area contributed by atoms with E-state index < -0.39 is 24.0 Å². The molecule has 2 amide bonds. The minimum absolute atomic E-state index is 0.209. The molecule has 1 heterocycles. The van der Waals surface area contributed by atoms with Crippen molar-refractivity contribution in [3.8, 4) is 11.5 Å². The van der Waals surface area contributed by atoms with Gasteiger partial charge in [0, 0.05) is 16.8 Å². The van der Waals surface area contributed by atoms with Crippen LogP contribution in [0.3, 0.4) is 0 Å². The van der Waals surface area contributed by atoms with Crippen molar-refractivity contribution in [3.63, 3.8) is 0 Å².